The van der Waals surface area contributed by atoms with Crippen LogP contribution >= 0.6 is 0 Å². The van der Waals surface area contributed by atoms with Crippen molar-refractivity contribution in [3.8, 4) is 0 Å². The minimum atomic E-state index is 0.415. The van der Waals surface area contributed by atoms with Gasteiger partial charge in [0, 0.05) is 50.6 Å². The summed E-state index contributed by atoms with van der Waals surface area (Å²) in [6.45, 7) is 7.36. The highest BCUT2D eigenvalue weighted by Crippen LogP contribution is 2.22. The zero-order chi connectivity index (χ0) is 13.2. The topological polar surface area (TPSA) is 47.7 Å². The first-order valence-electron chi connectivity index (χ1n) is 7.05. The van der Waals surface area contributed by atoms with E-state index in [4.69, 9.17) is 4.98 Å². The van der Waals surface area contributed by atoms with E-state index in [-0.39, 0.29) is 0 Å². The Morgan fingerprint density at radius 1 is 1.47 bits per heavy atom. The van der Waals surface area contributed by atoms with E-state index in [1.165, 1.54) is 17.2 Å². The summed E-state index contributed by atoms with van der Waals surface area (Å²) in [6, 6.07) is 0.415. The Morgan fingerprint density at radius 3 is 3.11 bits per heavy atom. The van der Waals surface area contributed by atoms with Crippen LogP contribution in [0.4, 0.5) is 0 Å². The van der Waals surface area contributed by atoms with Crippen LogP contribution < -0.4 is 5.32 Å². The van der Waals surface area contributed by atoms with E-state index in [1.807, 2.05) is 18.7 Å². The van der Waals surface area contributed by atoms with Gasteiger partial charge in [0.2, 0.25) is 0 Å². The molecule has 1 unspecified atom stereocenters. The number of nitrogens with one attached hydrogen (secondary N) is 1. The molecule has 0 fully saturated rings. The van der Waals surface area contributed by atoms with Gasteiger partial charge in [-0.1, -0.05) is 6.92 Å². The summed E-state index contributed by atoms with van der Waals surface area (Å²) in [5.74, 6) is 1.21. The number of imidazole rings is 2. The SMILES string of the molecule is CCc1nc2c(n1C(C)Cn1ccnc1)CCNC2. The second-order valence-electron chi connectivity index (χ2n) is 5.18. The van der Waals surface area contributed by atoms with Gasteiger partial charge in [0.15, 0.2) is 0 Å². The lowest BCUT2D eigenvalue weighted by Gasteiger charge is -2.22. The van der Waals surface area contributed by atoms with E-state index in [9.17, 15) is 0 Å². The standard InChI is InChI=1S/C14H21N5/c1-3-14-17-12-8-15-5-4-13(12)19(14)11(2)9-18-7-6-16-10-18/h6-7,10-11,15H,3-5,8-9H2,1-2H3. The highest BCUT2D eigenvalue weighted by Gasteiger charge is 2.21. The number of hydrogen-bond acceptors (Lipinski definition) is 3. The van der Waals surface area contributed by atoms with Crippen LogP contribution in [0.25, 0.3) is 0 Å². The highest BCUT2D eigenvalue weighted by molar-refractivity contribution is 5.21. The van der Waals surface area contributed by atoms with Crippen LogP contribution in [-0.4, -0.2) is 25.6 Å². The number of aromatic nitrogens is 4. The van der Waals surface area contributed by atoms with Gasteiger partial charge in [-0.05, 0) is 6.92 Å². The smallest absolute Gasteiger partial charge is 0.109 e. The average molecular weight is 259 g/mol. The molecule has 19 heavy (non-hydrogen) atoms. The fraction of sp³-hybridized carbons (Fsp3) is 0.571. The zero-order valence-corrected chi connectivity index (χ0v) is 11.6. The predicted octanol–water partition coefficient (Wildman–Crippen LogP) is 1.55. The van der Waals surface area contributed by atoms with E-state index in [0.717, 1.165) is 32.5 Å². The Bertz CT molecular complexity index is 540. The first-order valence-corrected chi connectivity index (χ1v) is 7.05. The fourth-order valence-corrected chi connectivity index (χ4v) is 2.94. The summed E-state index contributed by atoms with van der Waals surface area (Å²) in [4.78, 5) is 8.91. The molecule has 1 aliphatic rings. The van der Waals surface area contributed by atoms with Crippen molar-refractivity contribution in [3.05, 3.63) is 35.9 Å². The van der Waals surface area contributed by atoms with E-state index in [0.29, 0.717) is 6.04 Å². The van der Waals surface area contributed by atoms with Crippen LogP contribution in [0.2, 0.25) is 0 Å². The van der Waals surface area contributed by atoms with Gasteiger partial charge in [0.1, 0.15) is 5.82 Å². The Balaban J connectivity index is 1.91. The molecule has 102 valence electrons. The second-order valence-corrected chi connectivity index (χ2v) is 5.18. The molecule has 0 saturated carbocycles. The molecule has 0 spiro atoms. The molecule has 3 heterocycles. The van der Waals surface area contributed by atoms with Gasteiger partial charge in [0.05, 0.1) is 18.1 Å². The van der Waals surface area contributed by atoms with Crippen molar-refractivity contribution in [1.29, 1.82) is 0 Å². The molecule has 1 atom stereocenters. The molecular formula is C14H21N5. The van der Waals surface area contributed by atoms with Crippen LogP contribution in [-0.2, 0) is 25.9 Å². The van der Waals surface area contributed by atoms with Gasteiger partial charge in [-0.15, -0.1) is 0 Å². The van der Waals surface area contributed by atoms with Crippen molar-refractivity contribution >= 4 is 0 Å². The molecule has 0 bridgehead atoms. The Kier molecular flexibility index (Phi) is 3.38. The maximum absolute atomic E-state index is 4.80. The van der Waals surface area contributed by atoms with Crippen molar-refractivity contribution < 1.29 is 0 Å². The molecule has 0 aliphatic carbocycles. The van der Waals surface area contributed by atoms with Crippen LogP contribution in [0.1, 0.15) is 37.1 Å². The maximum atomic E-state index is 4.80. The number of aryl methyl sites for hydroxylation is 1. The molecule has 2 aromatic rings. The summed E-state index contributed by atoms with van der Waals surface area (Å²) < 4.78 is 4.58. The summed E-state index contributed by atoms with van der Waals surface area (Å²) in [6.07, 6.45) is 7.80. The summed E-state index contributed by atoms with van der Waals surface area (Å²) in [5, 5.41) is 3.40. The third-order valence-corrected chi connectivity index (χ3v) is 3.79. The number of rotatable bonds is 4. The van der Waals surface area contributed by atoms with Gasteiger partial charge in [-0.3, -0.25) is 0 Å². The van der Waals surface area contributed by atoms with Gasteiger partial charge in [-0.25, -0.2) is 9.97 Å². The summed E-state index contributed by atoms with van der Waals surface area (Å²) >= 11 is 0. The van der Waals surface area contributed by atoms with E-state index >= 15 is 0 Å². The van der Waals surface area contributed by atoms with Gasteiger partial charge in [0.25, 0.3) is 0 Å². The minimum Gasteiger partial charge on any atom is -0.335 e. The molecular weight excluding hydrogens is 238 g/mol. The average Bonchev–Trinajstić information content (AvgIpc) is 3.04. The third kappa shape index (κ3) is 2.30. The van der Waals surface area contributed by atoms with Crippen LogP contribution in [0.5, 0.6) is 0 Å². The summed E-state index contributed by atoms with van der Waals surface area (Å²) in [7, 11) is 0. The third-order valence-electron chi connectivity index (χ3n) is 3.79. The molecule has 0 amide bonds. The van der Waals surface area contributed by atoms with E-state index in [2.05, 4.69) is 33.3 Å². The largest absolute Gasteiger partial charge is 0.335 e. The normalized spacial score (nSPS) is 16.3. The molecule has 5 heteroatoms. The van der Waals surface area contributed by atoms with E-state index < -0.39 is 0 Å². The second kappa shape index (κ2) is 5.17. The van der Waals surface area contributed by atoms with E-state index in [1.54, 1.807) is 0 Å². The molecule has 3 rings (SSSR count). The predicted molar refractivity (Wildman–Crippen MR) is 74.0 cm³/mol. The van der Waals surface area contributed by atoms with Crippen molar-refractivity contribution in [3.63, 3.8) is 0 Å². The van der Waals surface area contributed by atoms with Crippen molar-refractivity contribution in [1.82, 2.24) is 24.4 Å². The Hall–Kier alpha value is -1.62. The maximum Gasteiger partial charge on any atom is 0.109 e. The summed E-state index contributed by atoms with van der Waals surface area (Å²) in [5.41, 5.74) is 2.66. The van der Waals surface area contributed by atoms with Gasteiger partial charge < -0.3 is 14.5 Å². The molecule has 0 aromatic carbocycles. The number of nitrogens with zero attached hydrogens (tertiary/aromatic N) is 4. The van der Waals surface area contributed by atoms with Crippen molar-refractivity contribution in [2.75, 3.05) is 6.54 Å². The first-order chi connectivity index (χ1) is 9.29. The van der Waals surface area contributed by atoms with Crippen molar-refractivity contribution in [2.24, 2.45) is 0 Å². The minimum absolute atomic E-state index is 0.415. The molecule has 0 saturated heterocycles. The quantitative estimate of drug-likeness (QED) is 0.906. The lowest BCUT2D eigenvalue weighted by molar-refractivity contribution is 0.434. The number of fused-ring (bicyclic) bond motifs is 1. The molecule has 1 aliphatic heterocycles. The molecule has 1 N–H and O–H groups in total. The lowest BCUT2D eigenvalue weighted by Crippen LogP contribution is -2.26. The van der Waals surface area contributed by atoms with Gasteiger partial charge in [-0.2, -0.15) is 0 Å². The first kappa shape index (κ1) is 12.4. The molecule has 0 radical (unpaired) electrons. The van der Waals surface area contributed by atoms with Crippen LogP contribution in [0.3, 0.4) is 0 Å². The Labute approximate surface area is 113 Å². The van der Waals surface area contributed by atoms with Crippen molar-refractivity contribution in [2.45, 2.75) is 45.8 Å². The Morgan fingerprint density at radius 2 is 2.37 bits per heavy atom. The van der Waals surface area contributed by atoms with Crippen LogP contribution in [0.15, 0.2) is 18.7 Å². The lowest BCUT2D eigenvalue weighted by atomic mass is 10.1. The molecule has 5 nitrogen and oxygen atoms in total. The molecule has 2 aromatic heterocycles. The number of hydrogen-bond donors (Lipinski definition) is 1. The van der Waals surface area contributed by atoms with Gasteiger partial charge >= 0.3 is 0 Å². The fourth-order valence-electron chi connectivity index (χ4n) is 2.94. The van der Waals surface area contributed by atoms with Crippen LogP contribution in [0, 0.1) is 0 Å². The highest BCUT2D eigenvalue weighted by atomic mass is 15.2. The monoisotopic (exact) mass is 259 g/mol. The zero-order valence-electron chi connectivity index (χ0n) is 11.6.